The van der Waals surface area contributed by atoms with Crippen LogP contribution in [0.2, 0.25) is 0 Å². The highest BCUT2D eigenvalue weighted by Crippen LogP contribution is 2.37. The fraction of sp³-hybridized carbons (Fsp3) is 0.611. The van der Waals surface area contributed by atoms with Gasteiger partial charge in [-0.2, -0.15) is 14.0 Å². The van der Waals surface area contributed by atoms with Crippen LogP contribution in [0.15, 0.2) is 0 Å². The van der Waals surface area contributed by atoms with Crippen molar-refractivity contribution in [2.24, 2.45) is 11.1 Å². The predicted molar refractivity (Wildman–Crippen MR) is 91.6 cm³/mol. The maximum Gasteiger partial charge on any atom is 0.288 e. The number of pyridine rings is 1. The van der Waals surface area contributed by atoms with Gasteiger partial charge in [0.25, 0.3) is 11.8 Å². The largest absolute Gasteiger partial charge is 0.365 e. The Morgan fingerprint density at radius 2 is 2.00 bits per heavy atom. The second-order valence-electron chi connectivity index (χ2n) is 7.53. The van der Waals surface area contributed by atoms with Crippen molar-refractivity contribution < 1.29 is 13.6 Å². The van der Waals surface area contributed by atoms with E-state index in [9.17, 15) is 18.8 Å². The average molecular weight is 350 g/mol. The molecule has 0 atom stereocenters. The molecule has 0 saturated carbocycles. The van der Waals surface area contributed by atoms with E-state index in [1.54, 1.807) is 6.07 Å². The van der Waals surface area contributed by atoms with E-state index >= 15 is 0 Å². The lowest BCUT2D eigenvalue weighted by Gasteiger charge is -2.27. The Labute approximate surface area is 146 Å². The number of anilines is 1. The van der Waals surface area contributed by atoms with Crippen LogP contribution in [0.4, 0.5) is 14.6 Å². The number of carbonyl (C=O) groups is 1. The Morgan fingerprint density at radius 1 is 1.36 bits per heavy atom. The first kappa shape index (κ1) is 19.1. The van der Waals surface area contributed by atoms with Gasteiger partial charge < -0.3 is 10.6 Å². The first-order valence-electron chi connectivity index (χ1n) is 8.35. The van der Waals surface area contributed by atoms with Gasteiger partial charge in [-0.15, -0.1) is 0 Å². The summed E-state index contributed by atoms with van der Waals surface area (Å²) in [6, 6.07) is 1.75. The van der Waals surface area contributed by atoms with Crippen molar-refractivity contribution >= 4 is 11.7 Å². The Balaban J connectivity index is 2.66. The third-order valence-corrected chi connectivity index (χ3v) is 4.84. The van der Waals surface area contributed by atoms with Crippen LogP contribution in [0.5, 0.6) is 0 Å². The zero-order valence-electron chi connectivity index (χ0n) is 15.1. The number of primary amides is 1. The third kappa shape index (κ3) is 3.89. The second-order valence-corrected chi connectivity index (χ2v) is 7.53. The molecule has 2 rings (SSSR count). The topological polar surface area (TPSA) is 83.0 Å². The molecule has 1 fully saturated rings. The molecule has 25 heavy (non-hydrogen) atoms. The van der Waals surface area contributed by atoms with Gasteiger partial charge in [-0.1, -0.05) is 13.8 Å². The quantitative estimate of drug-likeness (QED) is 0.904. The van der Waals surface area contributed by atoms with Crippen LogP contribution in [0.3, 0.4) is 0 Å². The molecule has 0 unspecified atom stereocenters. The van der Waals surface area contributed by atoms with Crippen molar-refractivity contribution in [1.82, 2.24) is 4.98 Å². The number of carbonyl (C=O) groups excluding carboxylic acids is 1. The summed E-state index contributed by atoms with van der Waals surface area (Å²) in [5.41, 5.74) is 4.98. The summed E-state index contributed by atoms with van der Waals surface area (Å²) in [5, 5.41) is 9.29. The average Bonchev–Trinajstić information content (AvgIpc) is 2.65. The summed E-state index contributed by atoms with van der Waals surface area (Å²) in [6.07, 6.45) is 2.72. The lowest BCUT2D eigenvalue weighted by atomic mass is 9.85. The van der Waals surface area contributed by atoms with Crippen molar-refractivity contribution in [1.29, 1.82) is 5.26 Å². The molecule has 0 bridgehead atoms. The van der Waals surface area contributed by atoms with Gasteiger partial charge in [0.1, 0.15) is 17.6 Å². The van der Waals surface area contributed by atoms with E-state index < -0.39 is 17.5 Å². The van der Waals surface area contributed by atoms with Crippen LogP contribution >= 0.6 is 0 Å². The van der Waals surface area contributed by atoms with E-state index in [2.05, 4.69) is 18.8 Å². The van der Waals surface area contributed by atoms with Crippen LogP contribution in [0, 0.1) is 23.7 Å². The Morgan fingerprint density at radius 3 is 2.52 bits per heavy atom. The predicted octanol–water partition coefficient (Wildman–Crippen LogP) is 3.49. The first-order chi connectivity index (χ1) is 11.5. The Kier molecular flexibility index (Phi) is 5.03. The van der Waals surface area contributed by atoms with E-state index in [-0.39, 0.29) is 27.9 Å². The van der Waals surface area contributed by atoms with Crippen molar-refractivity contribution in [2.75, 3.05) is 18.0 Å². The zero-order valence-corrected chi connectivity index (χ0v) is 15.1. The molecule has 136 valence electrons. The highest BCUT2D eigenvalue weighted by atomic mass is 19.3. The molecule has 2 heterocycles. The summed E-state index contributed by atoms with van der Waals surface area (Å²) in [4.78, 5) is 17.9. The molecule has 1 aliphatic rings. The number of nitrogens with two attached hydrogens (primary N) is 1. The summed E-state index contributed by atoms with van der Waals surface area (Å²) in [6.45, 7) is 7.70. The number of aromatic nitrogens is 1. The number of amides is 1. The van der Waals surface area contributed by atoms with Gasteiger partial charge in [-0.3, -0.25) is 4.79 Å². The number of rotatable bonds is 3. The van der Waals surface area contributed by atoms with Gasteiger partial charge >= 0.3 is 0 Å². The summed E-state index contributed by atoms with van der Waals surface area (Å²) >= 11 is 0. The molecule has 1 aromatic rings. The molecule has 1 aliphatic heterocycles. The molecular weight excluding hydrogens is 326 g/mol. The van der Waals surface area contributed by atoms with Crippen LogP contribution in [0.25, 0.3) is 0 Å². The maximum atomic E-state index is 14.0. The van der Waals surface area contributed by atoms with E-state index in [1.807, 2.05) is 4.90 Å². The maximum absolute atomic E-state index is 14.0. The second kappa shape index (κ2) is 6.58. The van der Waals surface area contributed by atoms with E-state index in [4.69, 9.17) is 5.73 Å². The minimum absolute atomic E-state index is 0.0595. The standard InChI is InChI=1S/C18H24F2N4O/c1-11-12(10-21)14(18(4,19)20)23-16(13(11)15(22)25)24-8-5-6-17(2,3)7-9-24/h5-9H2,1-4H3,(H2,22,25). The van der Waals surface area contributed by atoms with E-state index in [0.29, 0.717) is 20.0 Å². The Bertz CT molecular complexity index is 732. The van der Waals surface area contributed by atoms with Crippen molar-refractivity contribution in [3.63, 3.8) is 0 Å². The van der Waals surface area contributed by atoms with Crippen LogP contribution in [-0.2, 0) is 5.92 Å². The van der Waals surface area contributed by atoms with Crippen molar-refractivity contribution in [3.8, 4) is 6.07 Å². The first-order valence-corrected chi connectivity index (χ1v) is 8.35. The van der Waals surface area contributed by atoms with Gasteiger partial charge in [0.15, 0.2) is 0 Å². The lowest BCUT2D eigenvalue weighted by Crippen LogP contribution is -2.31. The molecule has 5 nitrogen and oxygen atoms in total. The van der Waals surface area contributed by atoms with Gasteiger partial charge in [0.2, 0.25) is 0 Å². The summed E-state index contributed by atoms with van der Waals surface area (Å²) in [5.74, 6) is -3.88. The number of alkyl halides is 2. The van der Waals surface area contributed by atoms with Gasteiger partial charge in [0, 0.05) is 20.0 Å². The molecule has 0 aliphatic carbocycles. The zero-order chi connectivity index (χ0) is 19.0. The van der Waals surface area contributed by atoms with Crippen molar-refractivity contribution in [2.45, 2.75) is 52.9 Å². The fourth-order valence-corrected chi connectivity index (χ4v) is 3.30. The van der Waals surface area contributed by atoms with Crippen LogP contribution in [0.1, 0.15) is 67.2 Å². The third-order valence-electron chi connectivity index (χ3n) is 4.84. The number of hydrogen-bond donors (Lipinski definition) is 1. The van der Waals surface area contributed by atoms with Gasteiger partial charge in [0.05, 0.1) is 11.1 Å². The van der Waals surface area contributed by atoms with Crippen molar-refractivity contribution in [3.05, 3.63) is 22.4 Å². The molecule has 0 spiro atoms. The molecule has 0 aromatic carbocycles. The normalized spacial score (nSPS) is 17.7. The highest BCUT2D eigenvalue weighted by molar-refractivity contribution is 6.00. The summed E-state index contributed by atoms with van der Waals surface area (Å²) in [7, 11) is 0. The highest BCUT2D eigenvalue weighted by Gasteiger charge is 2.35. The van der Waals surface area contributed by atoms with Crippen LogP contribution < -0.4 is 10.6 Å². The van der Waals surface area contributed by atoms with Crippen LogP contribution in [-0.4, -0.2) is 24.0 Å². The minimum atomic E-state index is -3.29. The fourth-order valence-electron chi connectivity index (χ4n) is 3.30. The van der Waals surface area contributed by atoms with E-state index in [0.717, 1.165) is 19.3 Å². The van der Waals surface area contributed by atoms with Gasteiger partial charge in [-0.25, -0.2) is 4.98 Å². The number of hydrogen-bond acceptors (Lipinski definition) is 4. The number of nitriles is 1. The number of nitrogens with zero attached hydrogens (tertiary/aromatic N) is 3. The monoisotopic (exact) mass is 350 g/mol. The SMILES string of the molecule is Cc1c(C#N)c(C(C)(F)F)nc(N2CCCC(C)(C)CC2)c1C(N)=O. The molecular formula is C18H24F2N4O. The molecule has 0 radical (unpaired) electrons. The Hall–Kier alpha value is -2.23. The molecule has 7 heteroatoms. The molecule has 1 saturated heterocycles. The minimum Gasteiger partial charge on any atom is -0.365 e. The van der Waals surface area contributed by atoms with E-state index in [1.165, 1.54) is 6.92 Å². The van der Waals surface area contributed by atoms with Gasteiger partial charge in [-0.05, 0) is 37.2 Å². The molecule has 1 amide bonds. The smallest absolute Gasteiger partial charge is 0.288 e. The number of halogens is 2. The summed E-state index contributed by atoms with van der Waals surface area (Å²) < 4.78 is 28.0. The lowest BCUT2D eigenvalue weighted by molar-refractivity contribution is 0.0124. The molecule has 1 aromatic heterocycles. The molecule has 2 N–H and O–H groups in total.